The molecule has 0 N–H and O–H groups in total. The van der Waals surface area contributed by atoms with Gasteiger partial charge in [-0.2, -0.15) is 0 Å². The van der Waals surface area contributed by atoms with E-state index in [9.17, 15) is 9.18 Å². The second kappa shape index (κ2) is 7.39. The van der Waals surface area contributed by atoms with Crippen LogP contribution in [-0.4, -0.2) is 38.8 Å². The Morgan fingerprint density at radius 2 is 1.74 bits per heavy atom. The summed E-state index contributed by atoms with van der Waals surface area (Å²) >= 11 is 0. The Labute approximate surface area is 158 Å². The minimum Gasteiger partial charge on any atom is -0.339 e. The smallest absolute Gasteiger partial charge is 0.254 e. The topological polar surface area (TPSA) is 59.0 Å². The zero-order valence-electron chi connectivity index (χ0n) is 16.2. The van der Waals surface area contributed by atoms with Crippen LogP contribution in [0.25, 0.3) is 22.2 Å². The first-order valence-corrected chi connectivity index (χ1v) is 8.97. The highest BCUT2D eigenvalue weighted by Crippen LogP contribution is 2.26. The Bertz CT molecular complexity index is 983. The molecule has 2 aromatic heterocycles. The number of carbonyl (C=O) groups is 1. The SMILES string of the molecule is CC(C)c1ncc(-c2cc(C(=O)N(C)C(C)C)c3ccc(F)cc3n2)cn1. The summed E-state index contributed by atoms with van der Waals surface area (Å²) in [6.07, 6.45) is 3.38. The molecule has 0 aliphatic carbocycles. The summed E-state index contributed by atoms with van der Waals surface area (Å²) < 4.78 is 13.8. The van der Waals surface area contributed by atoms with Gasteiger partial charge in [0.1, 0.15) is 11.6 Å². The van der Waals surface area contributed by atoms with E-state index in [4.69, 9.17) is 0 Å². The number of benzene rings is 1. The molecule has 0 atom stereocenters. The van der Waals surface area contributed by atoms with Gasteiger partial charge in [0.15, 0.2) is 0 Å². The molecule has 0 fully saturated rings. The van der Waals surface area contributed by atoms with Gasteiger partial charge in [-0.25, -0.2) is 19.3 Å². The summed E-state index contributed by atoms with van der Waals surface area (Å²) in [6, 6.07) is 6.06. The number of hydrogen-bond donors (Lipinski definition) is 0. The van der Waals surface area contributed by atoms with Crippen molar-refractivity contribution in [3.05, 3.63) is 53.9 Å². The number of pyridine rings is 1. The van der Waals surface area contributed by atoms with Crippen LogP contribution in [0, 0.1) is 5.82 Å². The molecule has 0 unspecified atom stereocenters. The number of hydrogen-bond acceptors (Lipinski definition) is 4. The Morgan fingerprint density at radius 1 is 1.07 bits per heavy atom. The van der Waals surface area contributed by atoms with E-state index in [2.05, 4.69) is 15.0 Å². The first-order valence-electron chi connectivity index (χ1n) is 8.97. The number of halogens is 1. The van der Waals surface area contributed by atoms with Crippen molar-refractivity contribution in [3.63, 3.8) is 0 Å². The lowest BCUT2D eigenvalue weighted by molar-refractivity contribution is 0.0757. The molecule has 3 aromatic rings. The zero-order valence-corrected chi connectivity index (χ0v) is 16.2. The minimum absolute atomic E-state index is 0.0401. The van der Waals surface area contributed by atoms with E-state index < -0.39 is 5.82 Å². The summed E-state index contributed by atoms with van der Waals surface area (Å²) in [7, 11) is 1.75. The number of aromatic nitrogens is 3. The molecule has 0 spiro atoms. The number of nitrogens with zero attached hydrogens (tertiary/aromatic N) is 4. The molecule has 6 heteroatoms. The molecule has 0 saturated carbocycles. The van der Waals surface area contributed by atoms with Gasteiger partial charge in [-0.1, -0.05) is 13.8 Å². The Kier molecular flexibility index (Phi) is 5.17. The molecule has 3 rings (SSSR count). The average molecular weight is 366 g/mol. The highest BCUT2D eigenvalue weighted by atomic mass is 19.1. The van der Waals surface area contributed by atoms with Crippen LogP contribution >= 0.6 is 0 Å². The maximum absolute atomic E-state index is 13.8. The Hall–Kier alpha value is -2.89. The van der Waals surface area contributed by atoms with Crippen LogP contribution in [0.2, 0.25) is 0 Å². The third kappa shape index (κ3) is 3.79. The van der Waals surface area contributed by atoms with Crippen molar-refractivity contribution in [2.45, 2.75) is 39.7 Å². The van der Waals surface area contributed by atoms with Crippen molar-refractivity contribution in [1.82, 2.24) is 19.9 Å². The van der Waals surface area contributed by atoms with E-state index >= 15 is 0 Å². The van der Waals surface area contributed by atoms with Crippen molar-refractivity contribution in [3.8, 4) is 11.3 Å². The van der Waals surface area contributed by atoms with E-state index in [0.29, 0.717) is 27.7 Å². The molecule has 0 radical (unpaired) electrons. The minimum atomic E-state index is -0.394. The van der Waals surface area contributed by atoms with Crippen molar-refractivity contribution < 1.29 is 9.18 Å². The summed E-state index contributed by atoms with van der Waals surface area (Å²) in [5.74, 6) is 0.426. The summed E-state index contributed by atoms with van der Waals surface area (Å²) in [5, 5.41) is 0.623. The van der Waals surface area contributed by atoms with Crippen LogP contribution in [0.4, 0.5) is 4.39 Å². The van der Waals surface area contributed by atoms with E-state index in [1.807, 2.05) is 27.7 Å². The number of carbonyl (C=O) groups excluding carboxylic acids is 1. The second-order valence-corrected chi connectivity index (χ2v) is 7.21. The van der Waals surface area contributed by atoms with Crippen LogP contribution in [0.15, 0.2) is 36.7 Å². The largest absolute Gasteiger partial charge is 0.339 e. The van der Waals surface area contributed by atoms with Crippen LogP contribution in [0.5, 0.6) is 0 Å². The number of fused-ring (bicyclic) bond motifs is 1. The lowest BCUT2D eigenvalue weighted by Crippen LogP contribution is -2.33. The van der Waals surface area contributed by atoms with Crippen LogP contribution < -0.4 is 0 Å². The fraction of sp³-hybridized carbons (Fsp3) is 0.333. The highest BCUT2D eigenvalue weighted by Gasteiger charge is 2.20. The third-order valence-electron chi connectivity index (χ3n) is 4.58. The lowest BCUT2D eigenvalue weighted by atomic mass is 10.0. The molecule has 5 nitrogen and oxygen atoms in total. The third-order valence-corrected chi connectivity index (χ3v) is 4.58. The number of amides is 1. The number of rotatable bonds is 4. The second-order valence-electron chi connectivity index (χ2n) is 7.21. The molecule has 0 bridgehead atoms. The van der Waals surface area contributed by atoms with E-state index in [1.54, 1.807) is 36.5 Å². The van der Waals surface area contributed by atoms with E-state index in [0.717, 1.165) is 5.82 Å². The summed E-state index contributed by atoms with van der Waals surface area (Å²) in [4.78, 5) is 27.9. The molecule has 0 aliphatic heterocycles. The van der Waals surface area contributed by atoms with E-state index in [-0.39, 0.29) is 17.9 Å². The van der Waals surface area contributed by atoms with Gasteiger partial charge in [-0.15, -0.1) is 0 Å². The molecular formula is C21H23FN4O. The van der Waals surface area contributed by atoms with E-state index in [1.165, 1.54) is 12.1 Å². The lowest BCUT2D eigenvalue weighted by Gasteiger charge is -2.22. The Morgan fingerprint density at radius 3 is 2.33 bits per heavy atom. The monoisotopic (exact) mass is 366 g/mol. The predicted molar refractivity (Wildman–Crippen MR) is 104 cm³/mol. The predicted octanol–water partition coefficient (Wildman–Crippen LogP) is 4.43. The fourth-order valence-corrected chi connectivity index (χ4v) is 2.72. The summed E-state index contributed by atoms with van der Waals surface area (Å²) in [6.45, 7) is 7.93. The van der Waals surface area contributed by atoms with Crippen LogP contribution in [0.3, 0.4) is 0 Å². The molecular weight excluding hydrogens is 343 g/mol. The molecule has 140 valence electrons. The first kappa shape index (κ1) is 18.9. The van der Waals surface area contributed by atoms with Crippen molar-refractivity contribution in [2.24, 2.45) is 0 Å². The van der Waals surface area contributed by atoms with Gasteiger partial charge >= 0.3 is 0 Å². The standard InChI is InChI=1S/C21H23FN4O/c1-12(2)20-23-10-14(11-24-20)18-9-17(21(27)26(5)13(3)4)16-7-6-15(22)8-19(16)25-18/h6-13H,1-5H3. The van der Waals surface area contributed by atoms with Gasteiger partial charge in [0.25, 0.3) is 5.91 Å². The fourth-order valence-electron chi connectivity index (χ4n) is 2.72. The van der Waals surface area contributed by atoms with Gasteiger partial charge in [-0.05, 0) is 32.0 Å². The molecule has 2 heterocycles. The van der Waals surface area contributed by atoms with Crippen LogP contribution in [-0.2, 0) is 0 Å². The molecule has 0 aliphatic rings. The van der Waals surface area contributed by atoms with Crippen molar-refractivity contribution in [1.29, 1.82) is 0 Å². The molecule has 0 saturated heterocycles. The Balaban J connectivity index is 2.18. The zero-order chi connectivity index (χ0) is 19.7. The first-order chi connectivity index (χ1) is 12.8. The quantitative estimate of drug-likeness (QED) is 0.685. The van der Waals surface area contributed by atoms with Gasteiger partial charge in [0, 0.05) is 48.4 Å². The highest BCUT2D eigenvalue weighted by molar-refractivity contribution is 6.07. The van der Waals surface area contributed by atoms with Gasteiger partial charge in [0.2, 0.25) is 0 Å². The average Bonchev–Trinajstić information content (AvgIpc) is 2.65. The maximum Gasteiger partial charge on any atom is 0.254 e. The molecule has 1 amide bonds. The molecule has 1 aromatic carbocycles. The van der Waals surface area contributed by atoms with Gasteiger partial charge in [0.05, 0.1) is 16.8 Å². The van der Waals surface area contributed by atoms with Crippen LogP contribution in [0.1, 0.15) is 49.8 Å². The summed E-state index contributed by atoms with van der Waals surface area (Å²) in [5.41, 5.74) is 2.15. The normalized spacial score (nSPS) is 11.4. The molecule has 27 heavy (non-hydrogen) atoms. The maximum atomic E-state index is 13.8. The van der Waals surface area contributed by atoms with Gasteiger partial charge in [-0.3, -0.25) is 4.79 Å². The van der Waals surface area contributed by atoms with Gasteiger partial charge < -0.3 is 4.90 Å². The van der Waals surface area contributed by atoms with Crippen molar-refractivity contribution >= 4 is 16.8 Å². The van der Waals surface area contributed by atoms with Crippen molar-refractivity contribution in [2.75, 3.05) is 7.05 Å².